The molecule has 0 nitrogen and oxygen atoms in total. The quantitative estimate of drug-likeness (QED) is 0.140. The van der Waals surface area contributed by atoms with E-state index in [1.165, 1.54) is 93.2 Å². The number of rotatable bonds is 4. The van der Waals surface area contributed by atoms with E-state index in [1.54, 1.807) is 0 Å². The number of benzene rings is 9. The topological polar surface area (TPSA) is 0 Å². The smallest absolute Gasteiger partial charge is 0.00199 e. The van der Waals surface area contributed by atoms with Gasteiger partial charge in [-0.1, -0.05) is 169 Å². The second kappa shape index (κ2) is 11.1. The molecule has 0 aliphatic carbocycles. The van der Waals surface area contributed by atoms with Crippen LogP contribution >= 0.6 is 0 Å². The Balaban J connectivity index is 1.40. The van der Waals surface area contributed by atoms with Gasteiger partial charge in [0.1, 0.15) is 0 Å². The van der Waals surface area contributed by atoms with Crippen LogP contribution in [0.1, 0.15) is 5.56 Å². The largest absolute Gasteiger partial charge is 0.0622 e. The Labute approximate surface area is 275 Å². The van der Waals surface area contributed by atoms with Crippen molar-refractivity contribution in [2.75, 3.05) is 0 Å². The zero-order valence-electron chi connectivity index (χ0n) is 26.2. The molecule has 0 N–H and O–H groups in total. The zero-order valence-corrected chi connectivity index (χ0v) is 26.2. The summed E-state index contributed by atoms with van der Waals surface area (Å²) in [7, 11) is 0. The van der Waals surface area contributed by atoms with E-state index in [2.05, 4.69) is 183 Å². The summed E-state index contributed by atoms with van der Waals surface area (Å²) >= 11 is 0. The maximum Gasteiger partial charge on any atom is -0.00199 e. The number of hydrogen-bond acceptors (Lipinski definition) is 0. The van der Waals surface area contributed by atoms with Crippen molar-refractivity contribution >= 4 is 43.1 Å². The third-order valence-electron chi connectivity index (χ3n) is 9.69. The molecule has 0 aliphatic heterocycles. The first-order valence-electron chi connectivity index (χ1n) is 16.4. The van der Waals surface area contributed by atoms with Crippen LogP contribution in [0, 0.1) is 6.92 Å². The van der Waals surface area contributed by atoms with Crippen molar-refractivity contribution in [2.24, 2.45) is 0 Å². The molecule has 9 aromatic carbocycles. The van der Waals surface area contributed by atoms with E-state index in [0.717, 1.165) is 0 Å². The van der Waals surface area contributed by atoms with E-state index in [9.17, 15) is 0 Å². The minimum Gasteiger partial charge on any atom is -0.0622 e. The Bertz CT molecular complexity index is 2610. The molecule has 0 amide bonds. The summed E-state index contributed by atoms with van der Waals surface area (Å²) in [5.41, 5.74) is 11.3. The lowest BCUT2D eigenvalue weighted by molar-refractivity contribution is 1.51. The average molecular weight is 597 g/mol. The summed E-state index contributed by atoms with van der Waals surface area (Å²) in [5, 5.41) is 10.2. The summed E-state index contributed by atoms with van der Waals surface area (Å²) in [5.74, 6) is 0. The van der Waals surface area contributed by atoms with Crippen LogP contribution in [-0.2, 0) is 0 Å². The molecule has 9 rings (SSSR count). The lowest BCUT2D eigenvalue weighted by Gasteiger charge is -2.21. The van der Waals surface area contributed by atoms with Crippen molar-refractivity contribution in [1.29, 1.82) is 0 Å². The Morgan fingerprint density at radius 2 is 0.830 bits per heavy atom. The van der Waals surface area contributed by atoms with Gasteiger partial charge in [0, 0.05) is 0 Å². The highest BCUT2D eigenvalue weighted by molar-refractivity contribution is 6.26. The minimum absolute atomic E-state index is 1.22. The monoisotopic (exact) mass is 596 g/mol. The standard InChI is InChI=1S/C47H32/c1-31-24-26-42-44(28-31)46(35-25-27-37(32-14-4-2-5-15-32)43(30-35)33-16-6-3-7-17-33)40-22-12-13-23-41(40)47(42)45-29-34-18-8-9-19-36(34)38-20-10-11-21-39(38)45/h2-30H,1H3. The fourth-order valence-electron chi connectivity index (χ4n) is 7.58. The average Bonchev–Trinajstić information content (AvgIpc) is 3.14. The third kappa shape index (κ3) is 4.53. The lowest BCUT2D eigenvalue weighted by Crippen LogP contribution is -1.94. The highest BCUT2D eigenvalue weighted by atomic mass is 14.2. The molecule has 0 bridgehead atoms. The first-order valence-corrected chi connectivity index (χ1v) is 16.4. The van der Waals surface area contributed by atoms with Crippen molar-refractivity contribution in [1.82, 2.24) is 0 Å². The van der Waals surface area contributed by atoms with Crippen LogP contribution in [0.2, 0.25) is 0 Å². The zero-order chi connectivity index (χ0) is 31.3. The Morgan fingerprint density at radius 1 is 0.277 bits per heavy atom. The summed E-state index contributed by atoms with van der Waals surface area (Å²) < 4.78 is 0. The van der Waals surface area contributed by atoms with Crippen LogP contribution < -0.4 is 0 Å². The van der Waals surface area contributed by atoms with E-state index in [1.807, 2.05) is 0 Å². The molecule has 0 aliphatic rings. The maximum absolute atomic E-state index is 2.41. The second-order valence-corrected chi connectivity index (χ2v) is 12.5. The Hall–Kier alpha value is -5.98. The third-order valence-corrected chi connectivity index (χ3v) is 9.69. The van der Waals surface area contributed by atoms with Crippen LogP contribution in [0.15, 0.2) is 176 Å². The molecule has 0 heteroatoms. The van der Waals surface area contributed by atoms with Crippen LogP contribution in [-0.4, -0.2) is 0 Å². The van der Waals surface area contributed by atoms with Gasteiger partial charge < -0.3 is 0 Å². The molecule has 0 unspecified atom stereocenters. The van der Waals surface area contributed by atoms with Crippen molar-refractivity contribution in [3.8, 4) is 44.5 Å². The minimum atomic E-state index is 1.22. The van der Waals surface area contributed by atoms with E-state index >= 15 is 0 Å². The van der Waals surface area contributed by atoms with Gasteiger partial charge in [-0.15, -0.1) is 0 Å². The molecular weight excluding hydrogens is 565 g/mol. The highest BCUT2D eigenvalue weighted by Crippen LogP contribution is 2.47. The number of fused-ring (bicyclic) bond motifs is 5. The van der Waals surface area contributed by atoms with Crippen molar-refractivity contribution in [3.05, 3.63) is 181 Å². The van der Waals surface area contributed by atoms with Gasteiger partial charge in [-0.25, -0.2) is 0 Å². The molecule has 0 fully saturated rings. The molecule has 0 heterocycles. The van der Waals surface area contributed by atoms with Gasteiger partial charge in [0.15, 0.2) is 0 Å². The van der Waals surface area contributed by atoms with Gasteiger partial charge in [-0.05, 0) is 107 Å². The Kier molecular flexibility index (Phi) is 6.47. The Morgan fingerprint density at radius 3 is 1.55 bits per heavy atom. The molecule has 0 saturated carbocycles. The highest BCUT2D eigenvalue weighted by Gasteiger charge is 2.20. The molecule has 0 spiro atoms. The molecule has 47 heavy (non-hydrogen) atoms. The van der Waals surface area contributed by atoms with E-state index < -0.39 is 0 Å². The van der Waals surface area contributed by atoms with Crippen molar-refractivity contribution in [3.63, 3.8) is 0 Å². The van der Waals surface area contributed by atoms with Gasteiger partial charge in [0.25, 0.3) is 0 Å². The van der Waals surface area contributed by atoms with Gasteiger partial charge >= 0.3 is 0 Å². The van der Waals surface area contributed by atoms with Crippen molar-refractivity contribution in [2.45, 2.75) is 6.92 Å². The molecular formula is C47H32. The molecule has 0 saturated heterocycles. The number of hydrogen-bond donors (Lipinski definition) is 0. The summed E-state index contributed by atoms with van der Waals surface area (Å²) in [6.45, 7) is 2.21. The van der Waals surface area contributed by atoms with Gasteiger partial charge in [0.2, 0.25) is 0 Å². The summed E-state index contributed by atoms with van der Waals surface area (Å²) in [6, 6.07) is 64.6. The van der Waals surface area contributed by atoms with Crippen LogP contribution in [0.25, 0.3) is 87.6 Å². The van der Waals surface area contributed by atoms with E-state index in [4.69, 9.17) is 0 Å². The van der Waals surface area contributed by atoms with E-state index in [-0.39, 0.29) is 0 Å². The first kappa shape index (κ1) is 27.3. The second-order valence-electron chi connectivity index (χ2n) is 12.5. The summed E-state index contributed by atoms with van der Waals surface area (Å²) in [6.07, 6.45) is 0. The van der Waals surface area contributed by atoms with Gasteiger partial charge in [-0.3, -0.25) is 0 Å². The predicted molar refractivity (Wildman–Crippen MR) is 203 cm³/mol. The van der Waals surface area contributed by atoms with Gasteiger partial charge in [-0.2, -0.15) is 0 Å². The fraction of sp³-hybridized carbons (Fsp3) is 0.0213. The lowest BCUT2D eigenvalue weighted by atomic mass is 9.82. The molecule has 0 radical (unpaired) electrons. The molecule has 220 valence electrons. The molecule has 9 aromatic rings. The van der Waals surface area contributed by atoms with Crippen LogP contribution in [0.4, 0.5) is 0 Å². The SMILES string of the molecule is Cc1ccc2c(-c3cc4ccccc4c4ccccc34)c3ccccc3c(-c3ccc(-c4ccccc4)c(-c4ccccc4)c3)c2c1. The van der Waals surface area contributed by atoms with E-state index in [0.29, 0.717) is 0 Å². The summed E-state index contributed by atoms with van der Waals surface area (Å²) in [4.78, 5) is 0. The fourth-order valence-corrected chi connectivity index (χ4v) is 7.58. The number of aryl methyl sites for hydroxylation is 1. The maximum atomic E-state index is 2.41. The van der Waals surface area contributed by atoms with Crippen molar-refractivity contribution < 1.29 is 0 Å². The van der Waals surface area contributed by atoms with Crippen LogP contribution in [0.5, 0.6) is 0 Å². The first-order chi connectivity index (χ1) is 23.2. The molecule has 0 aromatic heterocycles. The molecule has 0 atom stereocenters. The predicted octanol–water partition coefficient (Wildman–Crippen LogP) is 13.3. The normalized spacial score (nSPS) is 11.5. The van der Waals surface area contributed by atoms with Crippen LogP contribution in [0.3, 0.4) is 0 Å². The van der Waals surface area contributed by atoms with Gasteiger partial charge in [0.05, 0.1) is 0 Å².